The van der Waals surface area contributed by atoms with Crippen LogP contribution in [0, 0.1) is 5.41 Å². The van der Waals surface area contributed by atoms with Crippen molar-refractivity contribution in [2.75, 3.05) is 6.61 Å². The summed E-state index contributed by atoms with van der Waals surface area (Å²) >= 11 is 0. The van der Waals surface area contributed by atoms with Crippen LogP contribution in [0.15, 0.2) is 24.3 Å². The number of alkyl halides is 3. The van der Waals surface area contributed by atoms with Gasteiger partial charge in [-0.25, -0.2) is 0 Å². The summed E-state index contributed by atoms with van der Waals surface area (Å²) in [6, 6.07) is 6.07. The lowest BCUT2D eigenvalue weighted by Crippen LogP contribution is -2.40. The minimum atomic E-state index is -4.30. The molecule has 0 bridgehead atoms. The smallest absolute Gasteiger partial charge is 0.397 e. The Morgan fingerprint density at radius 1 is 1.25 bits per heavy atom. The number of primary amides is 1. The summed E-state index contributed by atoms with van der Waals surface area (Å²) in [5, 5.41) is 0. The number of para-hydroxylation sites is 1. The van der Waals surface area contributed by atoms with Crippen molar-refractivity contribution in [3.05, 3.63) is 29.8 Å². The van der Waals surface area contributed by atoms with E-state index in [0.29, 0.717) is 12.8 Å². The third-order valence-corrected chi connectivity index (χ3v) is 3.82. The second kappa shape index (κ2) is 5.34. The van der Waals surface area contributed by atoms with Gasteiger partial charge in [-0.1, -0.05) is 25.0 Å². The van der Waals surface area contributed by atoms with Crippen LogP contribution < -0.4 is 10.5 Å². The van der Waals surface area contributed by atoms with E-state index in [4.69, 9.17) is 10.5 Å². The van der Waals surface area contributed by atoms with E-state index < -0.39 is 24.1 Å². The summed E-state index contributed by atoms with van der Waals surface area (Å²) in [7, 11) is 0. The lowest BCUT2D eigenvalue weighted by Gasteiger charge is -2.31. The molecular formula is C14H16F3NO2. The lowest BCUT2D eigenvalue weighted by atomic mass is 9.86. The van der Waals surface area contributed by atoms with Crippen LogP contribution in [0.1, 0.15) is 36.0 Å². The molecule has 1 aromatic carbocycles. The lowest BCUT2D eigenvalue weighted by molar-refractivity contribution is -0.230. The molecule has 1 aliphatic carbocycles. The van der Waals surface area contributed by atoms with E-state index in [-0.39, 0.29) is 24.2 Å². The topological polar surface area (TPSA) is 52.3 Å². The van der Waals surface area contributed by atoms with Crippen LogP contribution in [0.2, 0.25) is 0 Å². The predicted molar refractivity (Wildman–Crippen MR) is 67.4 cm³/mol. The zero-order chi connectivity index (χ0) is 14.8. The highest BCUT2D eigenvalue weighted by molar-refractivity contribution is 5.95. The fraction of sp³-hybridized carbons (Fsp3) is 0.500. The highest BCUT2D eigenvalue weighted by Gasteiger charge is 2.56. The van der Waals surface area contributed by atoms with Crippen LogP contribution in [0.3, 0.4) is 0 Å². The average Bonchev–Trinajstić information content (AvgIpc) is 2.86. The van der Waals surface area contributed by atoms with E-state index in [1.54, 1.807) is 12.1 Å². The van der Waals surface area contributed by atoms with Gasteiger partial charge in [0, 0.05) is 0 Å². The van der Waals surface area contributed by atoms with Crippen LogP contribution >= 0.6 is 0 Å². The van der Waals surface area contributed by atoms with E-state index >= 15 is 0 Å². The Hall–Kier alpha value is -1.72. The fourth-order valence-electron chi connectivity index (χ4n) is 2.57. The Morgan fingerprint density at radius 3 is 2.40 bits per heavy atom. The third-order valence-electron chi connectivity index (χ3n) is 3.82. The molecule has 3 nitrogen and oxygen atoms in total. The van der Waals surface area contributed by atoms with Crippen molar-refractivity contribution >= 4 is 5.91 Å². The predicted octanol–water partition coefficient (Wildman–Crippen LogP) is 3.29. The van der Waals surface area contributed by atoms with Crippen LogP contribution in [-0.2, 0) is 0 Å². The van der Waals surface area contributed by atoms with E-state index in [1.165, 1.54) is 12.1 Å². The summed E-state index contributed by atoms with van der Waals surface area (Å²) in [6.45, 7) is -0.471. The molecule has 110 valence electrons. The molecule has 0 unspecified atom stereocenters. The van der Waals surface area contributed by atoms with Gasteiger partial charge in [0.05, 0.1) is 11.0 Å². The van der Waals surface area contributed by atoms with Crippen LogP contribution in [0.25, 0.3) is 0 Å². The first kappa shape index (κ1) is 14.7. The highest BCUT2D eigenvalue weighted by Crippen LogP contribution is 2.50. The van der Waals surface area contributed by atoms with E-state index in [1.807, 2.05) is 0 Å². The Kier molecular flexibility index (Phi) is 3.92. The molecule has 0 heterocycles. The molecule has 1 aromatic rings. The van der Waals surface area contributed by atoms with Gasteiger partial charge in [0.1, 0.15) is 12.4 Å². The second-order valence-electron chi connectivity index (χ2n) is 5.13. The molecule has 1 amide bonds. The number of halogens is 3. The van der Waals surface area contributed by atoms with Crippen molar-refractivity contribution in [2.45, 2.75) is 31.9 Å². The summed E-state index contributed by atoms with van der Waals surface area (Å²) < 4.78 is 44.9. The number of carbonyl (C=O) groups is 1. The number of carbonyl (C=O) groups excluding carboxylic acids is 1. The number of amides is 1. The average molecular weight is 287 g/mol. The third kappa shape index (κ3) is 2.73. The largest absolute Gasteiger partial charge is 0.492 e. The molecule has 0 aliphatic heterocycles. The van der Waals surface area contributed by atoms with Crippen molar-refractivity contribution in [1.29, 1.82) is 0 Å². The van der Waals surface area contributed by atoms with E-state index in [9.17, 15) is 18.0 Å². The number of nitrogens with two attached hydrogens (primary N) is 1. The number of ether oxygens (including phenoxy) is 1. The number of benzene rings is 1. The van der Waals surface area contributed by atoms with E-state index in [2.05, 4.69) is 0 Å². The molecule has 0 saturated heterocycles. The zero-order valence-corrected chi connectivity index (χ0v) is 10.9. The molecule has 0 aromatic heterocycles. The molecule has 0 radical (unpaired) electrons. The van der Waals surface area contributed by atoms with Gasteiger partial charge in [-0.2, -0.15) is 13.2 Å². The van der Waals surface area contributed by atoms with Crippen molar-refractivity contribution in [2.24, 2.45) is 11.1 Å². The molecule has 0 spiro atoms. The summed E-state index contributed by atoms with van der Waals surface area (Å²) in [6.07, 6.45) is -3.09. The van der Waals surface area contributed by atoms with Gasteiger partial charge in [0.2, 0.25) is 0 Å². The van der Waals surface area contributed by atoms with E-state index in [0.717, 1.165) is 0 Å². The van der Waals surface area contributed by atoms with Gasteiger partial charge in [-0.3, -0.25) is 4.79 Å². The molecule has 2 N–H and O–H groups in total. The standard InChI is InChI=1S/C14H16F3NO2/c15-14(16,17)13(7-3-4-8-13)9-20-11-6-2-1-5-10(11)12(18)19/h1-2,5-6H,3-4,7-9H2,(H2,18,19). The van der Waals surface area contributed by atoms with Crippen LogP contribution in [-0.4, -0.2) is 18.7 Å². The Morgan fingerprint density at radius 2 is 1.85 bits per heavy atom. The Bertz CT molecular complexity index is 493. The fourth-order valence-corrected chi connectivity index (χ4v) is 2.57. The number of rotatable bonds is 4. The van der Waals surface area contributed by atoms with Crippen molar-refractivity contribution in [3.63, 3.8) is 0 Å². The summed E-state index contributed by atoms with van der Waals surface area (Å²) in [4.78, 5) is 11.2. The van der Waals surface area contributed by atoms with Crippen molar-refractivity contribution in [3.8, 4) is 5.75 Å². The molecule has 1 aliphatic rings. The first-order valence-electron chi connectivity index (χ1n) is 6.44. The number of hydrogen-bond acceptors (Lipinski definition) is 2. The molecular weight excluding hydrogens is 271 g/mol. The van der Waals surface area contributed by atoms with Gasteiger partial charge < -0.3 is 10.5 Å². The highest BCUT2D eigenvalue weighted by atomic mass is 19.4. The van der Waals surface area contributed by atoms with Gasteiger partial charge >= 0.3 is 6.18 Å². The van der Waals surface area contributed by atoms with Gasteiger partial charge in [-0.15, -0.1) is 0 Å². The normalized spacial score (nSPS) is 17.9. The Labute approximate surface area is 114 Å². The van der Waals surface area contributed by atoms with Crippen molar-refractivity contribution < 1.29 is 22.7 Å². The molecule has 20 heavy (non-hydrogen) atoms. The molecule has 1 fully saturated rings. The first-order chi connectivity index (χ1) is 9.36. The molecule has 0 atom stereocenters. The first-order valence-corrected chi connectivity index (χ1v) is 6.44. The Balaban J connectivity index is 2.17. The summed E-state index contributed by atoms with van der Waals surface area (Å²) in [5.74, 6) is -0.608. The monoisotopic (exact) mass is 287 g/mol. The number of hydrogen-bond donors (Lipinski definition) is 1. The minimum absolute atomic E-state index is 0.0647. The second-order valence-corrected chi connectivity index (χ2v) is 5.13. The van der Waals surface area contributed by atoms with Gasteiger partial charge in [-0.05, 0) is 25.0 Å². The summed E-state index contributed by atoms with van der Waals surface area (Å²) in [5.41, 5.74) is 3.47. The van der Waals surface area contributed by atoms with Crippen LogP contribution in [0.5, 0.6) is 5.75 Å². The van der Waals surface area contributed by atoms with Gasteiger partial charge in [0.15, 0.2) is 0 Å². The maximum absolute atomic E-state index is 13.2. The van der Waals surface area contributed by atoms with Crippen LogP contribution in [0.4, 0.5) is 13.2 Å². The van der Waals surface area contributed by atoms with Crippen molar-refractivity contribution in [1.82, 2.24) is 0 Å². The zero-order valence-electron chi connectivity index (χ0n) is 10.9. The molecule has 6 heteroatoms. The minimum Gasteiger partial charge on any atom is -0.492 e. The maximum atomic E-state index is 13.2. The quantitative estimate of drug-likeness (QED) is 0.923. The maximum Gasteiger partial charge on any atom is 0.397 e. The SMILES string of the molecule is NC(=O)c1ccccc1OCC1(C(F)(F)F)CCCC1. The van der Waals surface area contributed by atoms with Gasteiger partial charge in [0.25, 0.3) is 5.91 Å². The molecule has 1 saturated carbocycles. The molecule has 2 rings (SSSR count).